The van der Waals surface area contributed by atoms with Gasteiger partial charge in [0.2, 0.25) is 0 Å². The zero-order valence-electron chi connectivity index (χ0n) is 31.0. The van der Waals surface area contributed by atoms with E-state index >= 15 is 0 Å². The Morgan fingerprint density at radius 2 is 1.07 bits per heavy atom. The summed E-state index contributed by atoms with van der Waals surface area (Å²) in [6.45, 7) is 6.45. The van der Waals surface area contributed by atoms with Crippen LogP contribution in [0.15, 0.2) is 152 Å². The highest BCUT2D eigenvalue weighted by Crippen LogP contribution is 2.41. The first-order chi connectivity index (χ1) is 27.5. The van der Waals surface area contributed by atoms with Crippen LogP contribution < -0.4 is 4.74 Å². The van der Waals surface area contributed by atoms with E-state index in [-0.39, 0.29) is 0 Å². The first-order valence-electron chi connectivity index (χ1n) is 18.8. The molecule has 11 rings (SSSR count). The van der Waals surface area contributed by atoms with Crippen molar-refractivity contribution in [2.45, 2.75) is 20.8 Å². The molecule has 0 amide bonds. The number of rotatable bonds is 5. The summed E-state index contributed by atoms with van der Waals surface area (Å²) in [5, 5.41) is 6.19. The third kappa shape index (κ3) is 4.91. The molecule has 6 heterocycles. The quantitative estimate of drug-likeness (QED) is 0.165. The lowest BCUT2D eigenvalue weighted by molar-refractivity contribution is 0.484. The topological polar surface area (TPSA) is 69.6 Å². The van der Waals surface area contributed by atoms with Crippen molar-refractivity contribution in [1.82, 2.24) is 28.7 Å². The first kappa shape index (κ1) is 32.1. The monoisotopic (exact) mass is 722 g/mol. The van der Waals surface area contributed by atoms with Crippen molar-refractivity contribution in [3.05, 3.63) is 169 Å². The van der Waals surface area contributed by atoms with Crippen LogP contribution in [-0.4, -0.2) is 28.7 Å². The van der Waals surface area contributed by atoms with Gasteiger partial charge in [0.25, 0.3) is 0 Å². The van der Waals surface area contributed by atoms with E-state index in [1.165, 1.54) is 16.7 Å². The number of fused-ring (bicyclic) bond motifs is 12. The zero-order chi connectivity index (χ0) is 37.5. The smallest absolute Gasteiger partial charge is 0.147 e. The van der Waals surface area contributed by atoms with E-state index in [1.54, 1.807) is 0 Å². The molecule has 56 heavy (non-hydrogen) atoms. The molecule has 0 radical (unpaired) electrons. The highest BCUT2D eigenvalue weighted by molar-refractivity contribution is 6.13. The summed E-state index contributed by atoms with van der Waals surface area (Å²) >= 11 is 0. The fourth-order valence-electron chi connectivity index (χ4n) is 8.64. The van der Waals surface area contributed by atoms with E-state index < -0.39 is 0 Å². The lowest BCUT2D eigenvalue weighted by Gasteiger charge is -2.13. The lowest BCUT2D eigenvalue weighted by atomic mass is 9.98. The van der Waals surface area contributed by atoms with Gasteiger partial charge in [-0.15, -0.1) is 0 Å². The Morgan fingerprint density at radius 3 is 1.73 bits per heavy atom. The maximum Gasteiger partial charge on any atom is 0.147 e. The molecule has 0 spiro atoms. The number of imidazole rings is 2. The summed E-state index contributed by atoms with van der Waals surface area (Å²) in [5.41, 5.74) is 13.1. The highest BCUT2D eigenvalue weighted by atomic mass is 16.5. The van der Waals surface area contributed by atoms with Gasteiger partial charge in [0.15, 0.2) is 0 Å². The molecule has 7 heteroatoms. The molecular formula is C49H34N6O. The van der Waals surface area contributed by atoms with Gasteiger partial charge in [0, 0.05) is 56.8 Å². The molecule has 0 atom stereocenters. The van der Waals surface area contributed by atoms with E-state index in [1.807, 2.05) is 48.8 Å². The van der Waals surface area contributed by atoms with Crippen LogP contribution in [-0.2, 0) is 0 Å². The number of aryl methyl sites for hydroxylation is 3. The second kappa shape index (κ2) is 12.3. The zero-order valence-corrected chi connectivity index (χ0v) is 31.0. The molecule has 0 unspecified atom stereocenters. The number of pyridine rings is 4. The van der Waals surface area contributed by atoms with Crippen molar-refractivity contribution in [2.75, 3.05) is 0 Å². The van der Waals surface area contributed by atoms with E-state index in [9.17, 15) is 0 Å². The van der Waals surface area contributed by atoms with Crippen LogP contribution in [0, 0.1) is 20.8 Å². The highest BCUT2D eigenvalue weighted by Gasteiger charge is 2.22. The maximum absolute atomic E-state index is 6.76. The predicted octanol–water partition coefficient (Wildman–Crippen LogP) is 12.1. The summed E-state index contributed by atoms with van der Waals surface area (Å²) in [6, 6.07) is 46.0. The van der Waals surface area contributed by atoms with Gasteiger partial charge in [-0.05, 0) is 103 Å². The number of benzene rings is 5. The van der Waals surface area contributed by atoms with E-state index in [0.29, 0.717) is 11.5 Å². The molecule has 0 bridgehead atoms. The molecule has 5 aromatic carbocycles. The summed E-state index contributed by atoms with van der Waals surface area (Å²) in [7, 11) is 0. The first-order valence-corrected chi connectivity index (χ1v) is 18.8. The Morgan fingerprint density at radius 1 is 0.482 bits per heavy atom. The van der Waals surface area contributed by atoms with E-state index in [0.717, 1.165) is 88.7 Å². The van der Waals surface area contributed by atoms with Crippen LogP contribution in [0.1, 0.15) is 16.7 Å². The fraction of sp³-hybridized carbons (Fsp3) is 0.0612. The Labute approximate surface area is 322 Å². The molecule has 0 saturated carbocycles. The Hall–Kier alpha value is -7.38. The van der Waals surface area contributed by atoms with Crippen molar-refractivity contribution in [2.24, 2.45) is 0 Å². The fourth-order valence-corrected chi connectivity index (χ4v) is 8.64. The average molecular weight is 723 g/mol. The molecule has 0 saturated heterocycles. The minimum absolute atomic E-state index is 0.709. The molecule has 7 nitrogen and oxygen atoms in total. The van der Waals surface area contributed by atoms with Gasteiger partial charge in [-0.1, -0.05) is 78.4 Å². The second-order valence-corrected chi connectivity index (χ2v) is 14.6. The average Bonchev–Trinajstić information content (AvgIpc) is 3.85. The van der Waals surface area contributed by atoms with Crippen LogP contribution >= 0.6 is 0 Å². The number of nitrogens with zero attached hydrogens (tertiary/aromatic N) is 6. The van der Waals surface area contributed by atoms with Crippen molar-refractivity contribution in [3.8, 4) is 45.3 Å². The summed E-state index contributed by atoms with van der Waals surface area (Å²) in [5.74, 6) is 1.42. The number of ether oxygens (including phenoxy) is 1. The normalized spacial score (nSPS) is 11.8. The minimum Gasteiger partial charge on any atom is -0.457 e. The molecular weight excluding hydrogens is 689 g/mol. The van der Waals surface area contributed by atoms with Crippen molar-refractivity contribution >= 4 is 54.9 Å². The summed E-state index contributed by atoms with van der Waals surface area (Å²) in [6.07, 6.45) is 5.81. The Bertz CT molecular complexity index is 3340. The van der Waals surface area contributed by atoms with Gasteiger partial charge in [-0.2, -0.15) is 0 Å². The molecule has 0 aliphatic heterocycles. The van der Waals surface area contributed by atoms with Crippen LogP contribution in [0.3, 0.4) is 0 Å². The number of hydrogen-bond acceptors (Lipinski definition) is 5. The molecule has 0 aliphatic carbocycles. The molecule has 6 aromatic heterocycles. The molecule has 0 fully saturated rings. The van der Waals surface area contributed by atoms with Gasteiger partial charge >= 0.3 is 0 Å². The molecule has 0 aliphatic rings. The van der Waals surface area contributed by atoms with Crippen molar-refractivity contribution < 1.29 is 4.74 Å². The van der Waals surface area contributed by atoms with E-state index in [4.69, 9.17) is 24.7 Å². The van der Waals surface area contributed by atoms with Crippen molar-refractivity contribution in [3.63, 3.8) is 0 Å². The SMILES string of the molecule is Cc1cc(C)c(-c2cn3c4ncccc4c4ccc(Oc5ccc6c7cccnc7n7c(-c8ccccc8)c(-c8ccccc8)nc7c6c5)cc4c3n2)c(C)c1. The van der Waals surface area contributed by atoms with Crippen LogP contribution in [0.2, 0.25) is 0 Å². The Balaban J connectivity index is 1.11. The Kier molecular flexibility index (Phi) is 7.06. The number of hydrogen-bond donors (Lipinski definition) is 0. The summed E-state index contributed by atoms with van der Waals surface area (Å²) in [4.78, 5) is 20.4. The van der Waals surface area contributed by atoms with Gasteiger partial charge in [-0.3, -0.25) is 8.80 Å². The van der Waals surface area contributed by atoms with Crippen LogP contribution in [0.5, 0.6) is 11.5 Å². The lowest BCUT2D eigenvalue weighted by Crippen LogP contribution is -1.97. The summed E-state index contributed by atoms with van der Waals surface area (Å²) < 4.78 is 11.1. The standard InChI is InChI=1S/C49H34N6O/c1-29-24-30(2)43(31(3)25-29)42-28-54-46-38(16-10-22-50-46)36-20-18-34(26-40(36)48(54)52-42)56-35-19-21-37-39-17-11-23-51-47(39)55-45(33-14-8-5-9-15-33)44(32-12-6-4-7-13-32)53-49(55)41(37)27-35/h4-28H,1-3H3. The van der Waals surface area contributed by atoms with Crippen LogP contribution in [0.4, 0.5) is 0 Å². The van der Waals surface area contributed by atoms with Gasteiger partial charge in [-0.25, -0.2) is 19.9 Å². The third-order valence-electron chi connectivity index (χ3n) is 10.9. The van der Waals surface area contributed by atoms with Crippen LogP contribution in [0.25, 0.3) is 88.7 Å². The third-order valence-corrected chi connectivity index (χ3v) is 10.9. The van der Waals surface area contributed by atoms with Gasteiger partial charge in [0.05, 0.1) is 17.1 Å². The second-order valence-electron chi connectivity index (χ2n) is 14.6. The maximum atomic E-state index is 6.76. The largest absolute Gasteiger partial charge is 0.457 e. The molecule has 266 valence electrons. The van der Waals surface area contributed by atoms with Gasteiger partial charge < -0.3 is 4.74 Å². The molecule has 0 N–H and O–H groups in total. The predicted molar refractivity (Wildman–Crippen MR) is 227 cm³/mol. The molecule has 11 aromatic rings. The van der Waals surface area contributed by atoms with Gasteiger partial charge in [0.1, 0.15) is 34.1 Å². The van der Waals surface area contributed by atoms with E-state index in [2.05, 4.69) is 133 Å². The minimum atomic E-state index is 0.709. The van der Waals surface area contributed by atoms with Crippen molar-refractivity contribution in [1.29, 1.82) is 0 Å². The number of aromatic nitrogens is 6.